The van der Waals surface area contributed by atoms with Crippen molar-refractivity contribution >= 4 is 11.3 Å². The Hall–Kier alpha value is -1.50. The van der Waals surface area contributed by atoms with Gasteiger partial charge in [0.25, 0.3) is 5.56 Å². The summed E-state index contributed by atoms with van der Waals surface area (Å²) in [6.07, 6.45) is -0.736. The minimum atomic E-state index is -0.736. The van der Waals surface area contributed by atoms with Gasteiger partial charge in [-0.1, -0.05) is 0 Å². The molecule has 0 amide bonds. The Kier molecular flexibility index (Phi) is 5.05. The summed E-state index contributed by atoms with van der Waals surface area (Å²) in [5, 5.41) is 14.1. The molecule has 0 aliphatic carbocycles. The van der Waals surface area contributed by atoms with Crippen LogP contribution in [0.3, 0.4) is 0 Å². The number of hydrogen-bond donors (Lipinski definition) is 1. The molecule has 108 valence electrons. The molecule has 1 unspecified atom stereocenters. The Morgan fingerprint density at radius 1 is 1.40 bits per heavy atom. The number of ether oxygens (including phenoxy) is 1. The first-order valence-corrected chi connectivity index (χ1v) is 7.32. The Morgan fingerprint density at radius 2 is 2.20 bits per heavy atom. The smallest absolute Gasteiger partial charge is 0.266 e. The summed E-state index contributed by atoms with van der Waals surface area (Å²) in [6, 6.07) is 7.18. The Balaban J connectivity index is 2.19. The van der Waals surface area contributed by atoms with E-state index < -0.39 is 6.10 Å². The van der Waals surface area contributed by atoms with Crippen LogP contribution in [0.15, 0.2) is 29.1 Å². The van der Waals surface area contributed by atoms with Gasteiger partial charge in [-0.05, 0) is 32.0 Å². The zero-order valence-corrected chi connectivity index (χ0v) is 12.4. The van der Waals surface area contributed by atoms with Crippen LogP contribution in [-0.2, 0) is 11.3 Å². The van der Waals surface area contributed by atoms with Crippen LogP contribution in [0.2, 0.25) is 0 Å². The fourth-order valence-electron chi connectivity index (χ4n) is 1.79. The lowest BCUT2D eigenvalue weighted by Gasteiger charge is -2.12. The number of nitrogens with zero attached hydrogens (tertiary/aromatic N) is 2. The maximum Gasteiger partial charge on any atom is 0.266 e. The van der Waals surface area contributed by atoms with E-state index in [2.05, 4.69) is 5.10 Å². The Labute approximate surface area is 121 Å². The van der Waals surface area contributed by atoms with Crippen LogP contribution in [0.5, 0.6) is 0 Å². The van der Waals surface area contributed by atoms with E-state index in [0.29, 0.717) is 6.61 Å². The lowest BCUT2D eigenvalue weighted by Crippen LogP contribution is -2.30. The third kappa shape index (κ3) is 3.75. The molecule has 0 radical (unpaired) electrons. The summed E-state index contributed by atoms with van der Waals surface area (Å²) in [6.45, 7) is 4.75. The SMILES string of the molecule is CCOCC(O)Cn1nc(-c2ccc(C)s2)ccc1=O. The molecule has 0 bridgehead atoms. The first-order valence-electron chi connectivity index (χ1n) is 6.51. The highest BCUT2D eigenvalue weighted by Crippen LogP contribution is 2.24. The predicted octanol–water partition coefficient (Wildman–Crippen LogP) is 1.68. The van der Waals surface area contributed by atoms with Gasteiger partial charge in [0.15, 0.2) is 0 Å². The molecule has 2 aromatic heterocycles. The van der Waals surface area contributed by atoms with E-state index in [9.17, 15) is 9.90 Å². The normalized spacial score (nSPS) is 12.6. The van der Waals surface area contributed by atoms with Crippen LogP contribution >= 0.6 is 11.3 Å². The molecule has 5 nitrogen and oxygen atoms in total. The van der Waals surface area contributed by atoms with Crippen LogP contribution in [0.1, 0.15) is 11.8 Å². The van der Waals surface area contributed by atoms with Gasteiger partial charge < -0.3 is 9.84 Å². The Bertz CT molecular complexity index is 621. The van der Waals surface area contributed by atoms with Gasteiger partial charge >= 0.3 is 0 Å². The lowest BCUT2D eigenvalue weighted by molar-refractivity contribution is 0.0309. The van der Waals surface area contributed by atoms with Crippen LogP contribution in [-0.4, -0.2) is 34.2 Å². The number of aromatic nitrogens is 2. The molecule has 0 aromatic carbocycles. The highest BCUT2D eigenvalue weighted by Gasteiger charge is 2.10. The summed E-state index contributed by atoms with van der Waals surface area (Å²) in [4.78, 5) is 14.0. The van der Waals surface area contributed by atoms with Crippen molar-refractivity contribution in [1.82, 2.24) is 9.78 Å². The van der Waals surface area contributed by atoms with Gasteiger partial charge in [-0.3, -0.25) is 4.79 Å². The third-order valence-corrected chi connectivity index (χ3v) is 3.78. The predicted molar refractivity (Wildman–Crippen MR) is 79.0 cm³/mol. The molecule has 2 rings (SSSR count). The molecule has 1 N–H and O–H groups in total. The number of aliphatic hydroxyl groups excluding tert-OH is 1. The molecule has 0 fully saturated rings. The summed E-state index contributed by atoms with van der Waals surface area (Å²) in [7, 11) is 0. The van der Waals surface area contributed by atoms with Crippen LogP contribution < -0.4 is 5.56 Å². The molecule has 0 spiro atoms. The molecule has 0 saturated carbocycles. The average molecular weight is 294 g/mol. The van der Waals surface area contributed by atoms with E-state index in [1.807, 2.05) is 26.0 Å². The lowest BCUT2D eigenvalue weighted by atomic mass is 10.3. The standard InChI is InChI=1S/C14H18N2O3S/c1-3-19-9-11(17)8-16-14(18)7-5-12(15-16)13-6-4-10(2)20-13/h4-7,11,17H,3,8-9H2,1-2H3. The molecule has 20 heavy (non-hydrogen) atoms. The minimum Gasteiger partial charge on any atom is -0.389 e. The molecule has 0 aliphatic heterocycles. The van der Waals surface area contributed by atoms with Gasteiger partial charge in [0.1, 0.15) is 5.69 Å². The van der Waals surface area contributed by atoms with Crippen molar-refractivity contribution in [3.63, 3.8) is 0 Å². The topological polar surface area (TPSA) is 64.3 Å². The van der Waals surface area contributed by atoms with Gasteiger partial charge in [-0.2, -0.15) is 5.10 Å². The summed E-state index contributed by atoms with van der Waals surface area (Å²) < 4.78 is 6.42. The van der Waals surface area contributed by atoms with Crippen molar-refractivity contribution in [1.29, 1.82) is 0 Å². The molecule has 2 aromatic rings. The third-order valence-electron chi connectivity index (χ3n) is 2.76. The van der Waals surface area contributed by atoms with Crippen molar-refractivity contribution in [2.45, 2.75) is 26.5 Å². The quantitative estimate of drug-likeness (QED) is 0.880. The Morgan fingerprint density at radius 3 is 2.85 bits per heavy atom. The van der Waals surface area contributed by atoms with Crippen molar-refractivity contribution in [3.8, 4) is 10.6 Å². The van der Waals surface area contributed by atoms with Gasteiger partial charge in [-0.25, -0.2) is 4.68 Å². The molecule has 2 heterocycles. The maximum atomic E-state index is 11.8. The fourth-order valence-corrected chi connectivity index (χ4v) is 2.62. The number of thiophene rings is 1. The molecular weight excluding hydrogens is 276 g/mol. The zero-order chi connectivity index (χ0) is 14.5. The zero-order valence-electron chi connectivity index (χ0n) is 11.6. The largest absolute Gasteiger partial charge is 0.389 e. The van der Waals surface area contributed by atoms with Crippen LogP contribution in [0, 0.1) is 6.92 Å². The van der Waals surface area contributed by atoms with Crippen molar-refractivity contribution in [2.24, 2.45) is 0 Å². The van der Waals surface area contributed by atoms with Gasteiger partial charge in [0.05, 0.1) is 24.1 Å². The maximum absolute atomic E-state index is 11.8. The average Bonchev–Trinajstić information content (AvgIpc) is 2.85. The fraction of sp³-hybridized carbons (Fsp3) is 0.429. The van der Waals surface area contributed by atoms with E-state index in [4.69, 9.17) is 4.74 Å². The van der Waals surface area contributed by atoms with Crippen LogP contribution in [0.4, 0.5) is 0 Å². The molecule has 6 heteroatoms. The van der Waals surface area contributed by atoms with E-state index in [1.54, 1.807) is 17.4 Å². The summed E-state index contributed by atoms with van der Waals surface area (Å²) >= 11 is 1.62. The highest BCUT2D eigenvalue weighted by atomic mass is 32.1. The van der Waals surface area contributed by atoms with Gasteiger partial charge in [0.2, 0.25) is 0 Å². The van der Waals surface area contributed by atoms with Crippen LogP contribution in [0.25, 0.3) is 10.6 Å². The van der Waals surface area contributed by atoms with E-state index in [0.717, 1.165) is 10.6 Å². The molecule has 0 aliphatic rings. The van der Waals surface area contributed by atoms with E-state index in [-0.39, 0.29) is 18.7 Å². The number of rotatable bonds is 6. The number of aliphatic hydroxyl groups is 1. The summed E-state index contributed by atoms with van der Waals surface area (Å²) in [5.74, 6) is 0. The minimum absolute atomic E-state index is 0.136. The van der Waals surface area contributed by atoms with E-state index in [1.165, 1.54) is 15.6 Å². The summed E-state index contributed by atoms with van der Waals surface area (Å²) in [5.41, 5.74) is 0.517. The first kappa shape index (κ1) is 14.9. The van der Waals surface area contributed by atoms with Gasteiger partial charge in [0, 0.05) is 17.6 Å². The number of hydrogen-bond acceptors (Lipinski definition) is 5. The highest BCUT2D eigenvalue weighted by molar-refractivity contribution is 7.15. The molecular formula is C14H18N2O3S. The molecule has 0 saturated heterocycles. The first-order chi connectivity index (χ1) is 9.60. The van der Waals surface area contributed by atoms with E-state index >= 15 is 0 Å². The molecule has 1 atom stereocenters. The number of aryl methyl sites for hydroxylation is 1. The second-order valence-electron chi connectivity index (χ2n) is 4.46. The van der Waals surface area contributed by atoms with Crippen molar-refractivity contribution < 1.29 is 9.84 Å². The van der Waals surface area contributed by atoms with Crippen molar-refractivity contribution in [2.75, 3.05) is 13.2 Å². The van der Waals surface area contributed by atoms with Crippen molar-refractivity contribution in [3.05, 3.63) is 39.5 Å². The van der Waals surface area contributed by atoms with Gasteiger partial charge in [-0.15, -0.1) is 11.3 Å². The second kappa shape index (κ2) is 6.78. The second-order valence-corrected chi connectivity index (χ2v) is 5.75. The monoisotopic (exact) mass is 294 g/mol.